The van der Waals surface area contributed by atoms with E-state index in [2.05, 4.69) is 0 Å². The highest BCUT2D eigenvalue weighted by Gasteiger charge is 2.49. The van der Waals surface area contributed by atoms with E-state index < -0.39 is 51.6 Å². The molecule has 0 fully saturated rings. The Morgan fingerprint density at radius 1 is 0.440 bits per heavy atom. The molecule has 5 rings (SSSR count). The number of sulfone groups is 2. The Balaban J connectivity index is 2.27. The van der Waals surface area contributed by atoms with E-state index in [9.17, 15) is 52.8 Å². The van der Waals surface area contributed by atoms with Crippen LogP contribution >= 0.6 is 0 Å². The van der Waals surface area contributed by atoms with Crippen LogP contribution in [-0.4, -0.2) is 40.4 Å². The smallest absolute Gasteiger partial charge is 0.298 e. The number of aldehydes is 2. The molecule has 0 N–H and O–H groups in total. The lowest BCUT2D eigenvalue weighted by atomic mass is 9.80. The molecule has 0 amide bonds. The van der Waals surface area contributed by atoms with Crippen molar-refractivity contribution in [3.8, 4) is 22.3 Å². The van der Waals surface area contributed by atoms with Gasteiger partial charge in [-0.25, -0.2) is 16.8 Å². The minimum absolute atomic E-state index is 0.0197. The molecule has 5 aromatic carbocycles. The summed E-state index contributed by atoms with van der Waals surface area (Å²) in [5.41, 5.74) is -9.02. The Morgan fingerprint density at radius 2 is 0.700 bits per heavy atom. The van der Waals surface area contributed by atoms with Crippen LogP contribution in [0.25, 0.3) is 43.8 Å². The van der Waals surface area contributed by atoms with Gasteiger partial charge < -0.3 is 0 Å². The molecule has 6 nitrogen and oxygen atoms in total. The number of carbonyl (C=O) groups is 2. The molecule has 0 aliphatic rings. The maximum Gasteiger partial charge on any atom is 0.501 e. The Hall–Kier alpha value is -4.56. The van der Waals surface area contributed by atoms with Crippen molar-refractivity contribution in [3.63, 3.8) is 0 Å². The van der Waals surface area contributed by atoms with Crippen LogP contribution in [0.15, 0.2) is 58.3 Å². The standard InChI is InChI=1S/C36H28F6O6S2/c1-17-7-19(3)31(20(4)8-17)33-25-11-23(15-43)30(50(47,48)36(40,41)42)14-28(25)34(32-21(5)9-18(2)10-22(32)6)26-12-24(16-44)29(13-27(26)33)49(45,46)35(37,38)39/h7-16H,1-6H3. The highest BCUT2D eigenvalue weighted by molar-refractivity contribution is 7.92. The van der Waals surface area contributed by atoms with Gasteiger partial charge >= 0.3 is 11.0 Å². The zero-order chi connectivity index (χ0) is 37.5. The second-order valence-corrected chi connectivity index (χ2v) is 16.1. The van der Waals surface area contributed by atoms with Crippen molar-refractivity contribution >= 4 is 53.8 Å². The van der Waals surface area contributed by atoms with E-state index in [0.717, 1.165) is 23.3 Å². The van der Waals surface area contributed by atoms with Gasteiger partial charge in [0.05, 0.1) is 9.79 Å². The second kappa shape index (κ2) is 12.0. The summed E-state index contributed by atoms with van der Waals surface area (Å²) in [5.74, 6) is 0. The van der Waals surface area contributed by atoms with E-state index in [0.29, 0.717) is 45.5 Å². The van der Waals surface area contributed by atoms with Crippen molar-refractivity contribution in [2.24, 2.45) is 0 Å². The van der Waals surface area contributed by atoms with E-state index in [4.69, 9.17) is 0 Å². The number of alkyl halides is 6. The molecule has 0 radical (unpaired) electrons. The average molecular weight is 735 g/mol. The summed E-state index contributed by atoms with van der Waals surface area (Å²) >= 11 is 0. The lowest BCUT2D eigenvalue weighted by molar-refractivity contribution is -0.0442. The van der Waals surface area contributed by atoms with E-state index in [1.165, 1.54) is 0 Å². The summed E-state index contributed by atoms with van der Waals surface area (Å²) in [4.78, 5) is 22.0. The summed E-state index contributed by atoms with van der Waals surface area (Å²) in [5, 5.41) is -0.365. The minimum atomic E-state index is -6.14. The highest BCUT2D eigenvalue weighted by Crippen LogP contribution is 2.50. The monoisotopic (exact) mass is 734 g/mol. The molecule has 0 spiro atoms. The molecular weight excluding hydrogens is 707 g/mol. The van der Waals surface area contributed by atoms with Crippen molar-refractivity contribution < 1.29 is 52.8 Å². The van der Waals surface area contributed by atoms with Crippen molar-refractivity contribution in [2.45, 2.75) is 62.4 Å². The third-order valence-electron chi connectivity index (χ3n) is 8.67. The molecule has 50 heavy (non-hydrogen) atoms. The van der Waals surface area contributed by atoms with Crippen LogP contribution in [-0.2, 0) is 19.7 Å². The number of aryl methyl sites for hydroxylation is 6. The van der Waals surface area contributed by atoms with Gasteiger partial charge in [-0.2, -0.15) is 26.3 Å². The molecular formula is C36H28F6O6S2. The Labute approximate surface area is 283 Å². The molecule has 0 saturated carbocycles. The first kappa shape index (κ1) is 36.7. The third kappa shape index (κ3) is 5.67. The SMILES string of the molecule is Cc1cc(C)c(-c2c3cc(C=O)c(S(=O)(=O)C(F)(F)F)cc3c(-c3c(C)cc(C)cc3C)c3cc(C=O)c(S(=O)(=O)C(F)(F)F)cc23)c(C)c1. The first-order chi connectivity index (χ1) is 23.0. The minimum Gasteiger partial charge on any atom is -0.298 e. The Bertz CT molecular complexity index is 2310. The predicted molar refractivity (Wildman–Crippen MR) is 178 cm³/mol. The third-order valence-corrected chi connectivity index (χ3v) is 11.8. The summed E-state index contributed by atoms with van der Waals surface area (Å²) < 4.78 is 136. The molecule has 0 unspecified atom stereocenters. The number of carbonyl (C=O) groups excluding carboxylic acids is 2. The van der Waals surface area contributed by atoms with Gasteiger partial charge in [-0.1, -0.05) is 35.4 Å². The van der Waals surface area contributed by atoms with Crippen LogP contribution in [0.2, 0.25) is 0 Å². The van der Waals surface area contributed by atoms with Crippen LogP contribution in [0.1, 0.15) is 54.1 Å². The fourth-order valence-corrected chi connectivity index (χ4v) is 8.78. The number of benzene rings is 5. The summed E-state index contributed by atoms with van der Waals surface area (Å²) in [6.45, 7) is 10.2. The first-order valence-electron chi connectivity index (χ1n) is 14.8. The quantitative estimate of drug-likeness (QED) is 0.0979. The Kier molecular flexibility index (Phi) is 8.84. The zero-order valence-electron chi connectivity index (χ0n) is 27.3. The van der Waals surface area contributed by atoms with Crippen molar-refractivity contribution in [2.75, 3.05) is 0 Å². The van der Waals surface area contributed by atoms with E-state index in [1.54, 1.807) is 65.8 Å². The van der Waals surface area contributed by atoms with E-state index in [-0.39, 0.29) is 45.2 Å². The maximum atomic E-state index is 14.0. The van der Waals surface area contributed by atoms with Crippen molar-refractivity contribution in [1.29, 1.82) is 0 Å². The van der Waals surface area contributed by atoms with Crippen LogP contribution < -0.4 is 0 Å². The molecule has 14 heteroatoms. The largest absolute Gasteiger partial charge is 0.501 e. The van der Waals surface area contributed by atoms with Gasteiger partial charge in [-0.3, -0.25) is 9.59 Å². The topological polar surface area (TPSA) is 102 Å². The van der Waals surface area contributed by atoms with Gasteiger partial charge in [0.1, 0.15) is 0 Å². The van der Waals surface area contributed by atoms with Crippen molar-refractivity contribution in [1.82, 2.24) is 0 Å². The van der Waals surface area contributed by atoms with Gasteiger partial charge in [0.2, 0.25) is 0 Å². The van der Waals surface area contributed by atoms with E-state index in [1.807, 2.05) is 0 Å². The Morgan fingerprint density at radius 3 is 0.940 bits per heavy atom. The van der Waals surface area contributed by atoms with Crippen LogP contribution in [0.4, 0.5) is 26.3 Å². The summed E-state index contributed by atoms with van der Waals surface area (Å²) in [7, 11) is -12.3. The highest BCUT2D eigenvalue weighted by atomic mass is 32.2. The summed E-state index contributed by atoms with van der Waals surface area (Å²) in [6, 6.07) is 10.1. The van der Waals surface area contributed by atoms with Crippen molar-refractivity contribution in [3.05, 3.63) is 93.0 Å². The molecule has 0 heterocycles. The number of fused-ring (bicyclic) bond motifs is 2. The van der Waals surface area contributed by atoms with Gasteiger partial charge in [0.15, 0.2) is 12.6 Å². The molecule has 5 aromatic rings. The number of rotatable bonds is 6. The number of hydrogen-bond donors (Lipinski definition) is 0. The van der Waals surface area contributed by atoms with Gasteiger partial charge in [-0.05, 0) is 132 Å². The van der Waals surface area contributed by atoms with Gasteiger partial charge in [-0.15, -0.1) is 0 Å². The van der Waals surface area contributed by atoms with Gasteiger partial charge in [0.25, 0.3) is 19.7 Å². The zero-order valence-corrected chi connectivity index (χ0v) is 28.9. The number of hydrogen-bond acceptors (Lipinski definition) is 6. The predicted octanol–water partition coefficient (Wildman–Crippen LogP) is 9.39. The molecule has 0 saturated heterocycles. The average Bonchev–Trinajstić information content (AvgIpc) is 2.98. The molecule has 0 aromatic heterocycles. The van der Waals surface area contributed by atoms with Crippen LogP contribution in [0.5, 0.6) is 0 Å². The fourth-order valence-electron chi connectivity index (χ4n) is 6.90. The van der Waals surface area contributed by atoms with Gasteiger partial charge in [0, 0.05) is 11.1 Å². The normalized spacial score (nSPS) is 12.9. The molecule has 0 aliphatic heterocycles. The summed E-state index contributed by atoms with van der Waals surface area (Å²) in [6.07, 6.45) is -0.143. The van der Waals surface area contributed by atoms with Crippen LogP contribution in [0, 0.1) is 41.5 Å². The molecule has 262 valence electrons. The first-order valence-corrected chi connectivity index (χ1v) is 17.8. The van der Waals surface area contributed by atoms with E-state index >= 15 is 0 Å². The lowest BCUT2D eigenvalue weighted by Gasteiger charge is -2.24. The molecule has 0 atom stereocenters. The fraction of sp³-hybridized carbons (Fsp3) is 0.222. The van der Waals surface area contributed by atoms with Crippen LogP contribution in [0.3, 0.4) is 0 Å². The second-order valence-electron chi connectivity index (χ2n) is 12.3. The molecule has 0 aliphatic carbocycles. The number of halogens is 6. The lowest BCUT2D eigenvalue weighted by Crippen LogP contribution is -2.24. The maximum absolute atomic E-state index is 14.0. The molecule has 0 bridgehead atoms.